The van der Waals surface area contributed by atoms with Crippen LogP contribution in [0, 0.1) is 0 Å². The number of hydrogen-bond acceptors (Lipinski definition) is 4. The van der Waals surface area contributed by atoms with Crippen molar-refractivity contribution in [3.8, 4) is 0 Å². The SMILES string of the molecule is C=C(C)c1ccccn1.COS(=O)(=O)O. The molecule has 84 valence electrons. The fourth-order valence-electron chi connectivity index (χ4n) is 0.615. The van der Waals surface area contributed by atoms with Crippen molar-refractivity contribution in [2.24, 2.45) is 0 Å². The molecule has 6 heteroatoms. The van der Waals surface area contributed by atoms with Crippen molar-refractivity contribution >= 4 is 16.0 Å². The molecule has 15 heavy (non-hydrogen) atoms. The summed E-state index contributed by atoms with van der Waals surface area (Å²) >= 11 is 0. The number of nitrogens with zero attached hydrogens (tertiary/aromatic N) is 1. The van der Waals surface area contributed by atoms with Gasteiger partial charge in [0.15, 0.2) is 0 Å². The Balaban J connectivity index is 0.000000288. The third-order valence-corrected chi connectivity index (χ3v) is 1.73. The van der Waals surface area contributed by atoms with Gasteiger partial charge in [0.2, 0.25) is 0 Å². The second-order valence-electron chi connectivity index (χ2n) is 2.59. The molecular formula is C9H13NO4S. The molecule has 0 saturated heterocycles. The van der Waals surface area contributed by atoms with Crippen molar-refractivity contribution in [1.82, 2.24) is 4.98 Å². The van der Waals surface area contributed by atoms with Crippen LogP contribution in [0.25, 0.3) is 5.57 Å². The smallest absolute Gasteiger partial charge is 0.264 e. The minimum Gasteiger partial charge on any atom is -0.264 e. The molecule has 0 aliphatic rings. The van der Waals surface area contributed by atoms with Crippen LogP contribution in [-0.2, 0) is 14.6 Å². The van der Waals surface area contributed by atoms with Crippen LogP contribution in [0.4, 0.5) is 0 Å². The summed E-state index contributed by atoms with van der Waals surface area (Å²) in [5, 5.41) is 0. The molecule has 0 unspecified atom stereocenters. The minimum atomic E-state index is -4.16. The Hall–Kier alpha value is -1.24. The zero-order valence-corrected chi connectivity index (χ0v) is 9.36. The zero-order valence-electron chi connectivity index (χ0n) is 8.54. The predicted molar refractivity (Wildman–Crippen MR) is 57.5 cm³/mol. The van der Waals surface area contributed by atoms with Gasteiger partial charge < -0.3 is 0 Å². The number of pyridine rings is 1. The summed E-state index contributed by atoms with van der Waals surface area (Å²) in [6, 6.07) is 5.80. The van der Waals surface area contributed by atoms with Gasteiger partial charge in [-0.05, 0) is 24.6 Å². The largest absolute Gasteiger partial charge is 0.397 e. The molecule has 1 N–H and O–H groups in total. The molecule has 0 bridgehead atoms. The summed E-state index contributed by atoms with van der Waals surface area (Å²) in [6.45, 7) is 5.71. The Morgan fingerprint density at radius 1 is 1.53 bits per heavy atom. The molecule has 1 aromatic rings. The molecule has 0 atom stereocenters. The van der Waals surface area contributed by atoms with Crippen LogP contribution in [-0.4, -0.2) is 25.1 Å². The maximum absolute atomic E-state index is 9.33. The van der Waals surface area contributed by atoms with Crippen LogP contribution in [0.2, 0.25) is 0 Å². The minimum absolute atomic E-state index is 0.870. The number of allylic oxidation sites excluding steroid dienone is 1. The fraction of sp³-hybridized carbons (Fsp3) is 0.222. The lowest BCUT2D eigenvalue weighted by Gasteiger charge is -1.93. The van der Waals surface area contributed by atoms with Crippen molar-refractivity contribution in [3.63, 3.8) is 0 Å². The molecule has 1 rings (SSSR count). The van der Waals surface area contributed by atoms with Crippen LogP contribution >= 0.6 is 0 Å². The van der Waals surface area contributed by atoms with E-state index < -0.39 is 10.4 Å². The van der Waals surface area contributed by atoms with Gasteiger partial charge in [-0.25, -0.2) is 0 Å². The van der Waals surface area contributed by atoms with Crippen molar-refractivity contribution in [1.29, 1.82) is 0 Å². The van der Waals surface area contributed by atoms with Crippen LogP contribution in [0.3, 0.4) is 0 Å². The van der Waals surface area contributed by atoms with Gasteiger partial charge in [-0.2, -0.15) is 8.42 Å². The summed E-state index contributed by atoms with van der Waals surface area (Å²) < 4.78 is 29.7. The Morgan fingerprint density at radius 3 is 2.27 bits per heavy atom. The van der Waals surface area contributed by atoms with E-state index in [1.165, 1.54) is 0 Å². The molecule has 0 aliphatic heterocycles. The topological polar surface area (TPSA) is 76.5 Å². The van der Waals surface area contributed by atoms with E-state index in [0.717, 1.165) is 18.4 Å². The number of aromatic nitrogens is 1. The lowest BCUT2D eigenvalue weighted by molar-refractivity contribution is 0.324. The molecule has 0 spiro atoms. The quantitative estimate of drug-likeness (QED) is 0.781. The third kappa shape index (κ3) is 7.80. The van der Waals surface area contributed by atoms with E-state index in [9.17, 15) is 8.42 Å². The van der Waals surface area contributed by atoms with E-state index in [4.69, 9.17) is 4.55 Å². The van der Waals surface area contributed by atoms with Crippen molar-refractivity contribution in [2.75, 3.05) is 7.11 Å². The first-order valence-electron chi connectivity index (χ1n) is 3.96. The van der Waals surface area contributed by atoms with E-state index in [1.807, 2.05) is 25.1 Å². The maximum atomic E-state index is 9.33. The lowest BCUT2D eigenvalue weighted by atomic mass is 10.2. The van der Waals surface area contributed by atoms with Crippen LogP contribution in [0.5, 0.6) is 0 Å². The van der Waals surface area contributed by atoms with Crippen molar-refractivity contribution < 1.29 is 17.2 Å². The highest BCUT2D eigenvalue weighted by atomic mass is 32.3. The Bertz CT molecular complexity index is 399. The van der Waals surface area contributed by atoms with Crippen molar-refractivity contribution in [2.45, 2.75) is 6.92 Å². The molecule has 5 nitrogen and oxygen atoms in total. The molecule has 0 radical (unpaired) electrons. The lowest BCUT2D eigenvalue weighted by Crippen LogP contribution is -1.96. The van der Waals surface area contributed by atoms with Crippen LogP contribution < -0.4 is 0 Å². The Kier molecular flexibility index (Phi) is 5.76. The average Bonchev–Trinajstić information content (AvgIpc) is 2.19. The maximum Gasteiger partial charge on any atom is 0.397 e. The van der Waals surface area contributed by atoms with Gasteiger partial charge in [-0.15, -0.1) is 0 Å². The summed E-state index contributed by atoms with van der Waals surface area (Å²) in [5.41, 5.74) is 1.98. The van der Waals surface area contributed by atoms with E-state index in [1.54, 1.807) is 6.20 Å². The summed E-state index contributed by atoms with van der Waals surface area (Å²) in [6.07, 6.45) is 1.77. The highest BCUT2D eigenvalue weighted by Crippen LogP contribution is 2.04. The Morgan fingerprint density at radius 2 is 2.07 bits per heavy atom. The summed E-state index contributed by atoms with van der Waals surface area (Å²) in [7, 11) is -3.29. The second-order valence-corrected chi connectivity index (χ2v) is 3.78. The standard InChI is InChI=1S/C8H9N.CH4O4S/c1-7(2)8-5-3-4-6-9-8;1-5-6(2,3)4/h3-6H,1H2,2H3;1H3,(H,2,3,4). The third-order valence-electron chi connectivity index (χ3n) is 1.31. The van der Waals surface area contributed by atoms with Gasteiger partial charge in [0.25, 0.3) is 0 Å². The number of hydrogen-bond donors (Lipinski definition) is 1. The van der Waals surface area contributed by atoms with Gasteiger partial charge in [-0.1, -0.05) is 12.6 Å². The normalized spacial score (nSPS) is 10.1. The van der Waals surface area contributed by atoms with Gasteiger partial charge in [0.1, 0.15) is 0 Å². The molecular weight excluding hydrogens is 218 g/mol. The molecule has 1 heterocycles. The van der Waals surface area contributed by atoms with E-state index >= 15 is 0 Å². The van der Waals surface area contributed by atoms with Crippen molar-refractivity contribution in [3.05, 3.63) is 36.7 Å². The molecule has 0 amide bonds. The van der Waals surface area contributed by atoms with Gasteiger partial charge in [-0.3, -0.25) is 13.7 Å². The van der Waals surface area contributed by atoms with Crippen LogP contribution in [0.15, 0.2) is 31.0 Å². The second kappa shape index (κ2) is 6.28. The van der Waals surface area contributed by atoms with E-state index in [0.29, 0.717) is 0 Å². The van der Waals surface area contributed by atoms with Gasteiger partial charge in [0.05, 0.1) is 12.8 Å². The summed E-state index contributed by atoms with van der Waals surface area (Å²) in [4.78, 5) is 4.08. The first-order valence-corrected chi connectivity index (χ1v) is 5.33. The van der Waals surface area contributed by atoms with Gasteiger partial charge >= 0.3 is 10.4 Å². The highest BCUT2D eigenvalue weighted by Gasteiger charge is 1.94. The first kappa shape index (κ1) is 13.8. The predicted octanol–water partition coefficient (Wildman–Crippen LogP) is 1.55. The molecule has 0 aromatic carbocycles. The molecule has 0 aliphatic carbocycles. The van der Waals surface area contributed by atoms with E-state index in [2.05, 4.69) is 15.7 Å². The van der Waals surface area contributed by atoms with Gasteiger partial charge in [0, 0.05) is 6.20 Å². The van der Waals surface area contributed by atoms with Crippen LogP contribution in [0.1, 0.15) is 12.6 Å². The zero-order chi connectivity index (χ0) is 11.9. The average molecular weight is 231 g/mol. The summed E-state index contributed by atoms with van der Waals surface area (Å²) in [5.74, 6) is 0. The van der Waals surface area contributed by atoms with E-state index in [-0.39, 0.29) is 0 Å². The molecule has 0 saturated carbocycles. The fourth-order valence-corrected chi connectivity index (χ4v) is 0.615. The highest BCUT2D eigenvalue weighted by molar-refractivity contribution is 7.80. The Labute approximate surface area is 89.4 Å². The first-order chi connectivity index (χ1) is 6.87. The molecule has 0 fully saturated rings. The number of rotatable bonds is 2. The monoisotopic (exact) mass is 231 g/mol. The molecule has 1 aromatic heterocycles.